The van der Waals surface area contributed by atoms with Crippen molar-refractivity contribution in [3.8, 4) is 11.1 Å². The second-order valence-corrected chi connectivity index (χ2v) is 8.28. The zero-order valence-corrected chi connectivity index (χ0v) is 18.0. The number of ether oxygens (including phenoxy) is 2. The van der Waals surface area contributed by atoms with E-state index in [0.717, 1.165) is 29.7 Å². The number of aryl methyl sites for hydroxylation is 1. The van der Waals surface area contributed by atoms with Crippen molar-refractivity contribution in [2.24, 2.45) is 0 Å². The summed E-state index contributed by atoms with van der Waals surface area (Å²) in [5.74, 6) is -0.229. The Kier molecular flexibility index (Phi) is 5.39. The first-order valence-corrected chi connectivity index (χ1v) is 11.0. The van der Waals surface area contributed by atoms with Crippen molar-refractivity contribution >= 4 is 17.7 Å². The molecule has 2 aliphatic rings. The van der Waals surface area contributed by atoms with Crippen LogP contribution in [0.1, 0.15) is 34.6 Å². The fourth-order valence-electron chi connectivity index (χ4n) is 4.86. The molecule has 0 bridgehead atoms. The molecule has 3 aromatic carbocycles. The summed E-state index contributed by atoms with van der Waals surface area (Å²) in [5.41, 5.74) is 7.65. The van der Waals surface area contributed by atoms with Gasteiger partial charge in [-0.3, -0.25) is 9.69 Å². The summed E-state index contributed by atoms with van der Waals surface area (Å²) < 4.78 is 10.6. The van der Waals surface area contributed by atoms with Crippen LogP contribution in [0, 0.1) is 0 Å². The third-order valence-electron chi connectivity index (χ3n) is 6.40. The van der Waals surface area contributed by atoms with Crippen molar-refractivity contribution in [3.05, 3.63) is 89.0 Å². The Balaban J connectivity index is 1.33. The van der Waals surface area contributed by atoms with Gasteiger partial charge < -0.3 is 9.47 Å². The van der Waals surface area contributed by atoms with Crippen LogP contribution in [0.4, 0.5) is 10.5 Å². The van der Waals surface area contributed by atoms with E-state index >= 15 is 0 Å². The molecule has 5 heteroatoms. The van der Waals surface area contributed by atoms with E-state index in [1.807, 2.05) is 42.5 Å². The third-order valence-corrected chi connectivity index (χ3v) is 6.40. The van der Waals surface area contributed by atoms with E-state index in [0.29, 0.717) is 13.2 Å². The van der Waals surface area contributed by atoms with E-state index in [1.54, 1.807) is 4.90 Å². The molecular weight excluding hydrogens is 402 g/mol. The first-order valence-electron chi connectivity index (χ1n) is 11.0. The molecule has 1 aliphatic carbocycles. The molecule has 0 aromatic heterocycles. The summed E-state index contributed by atoms with van der Waals surface area (Å²) in [6.07, 6.45) is 1.64. The molecular formula is C27H25NO4. The van der Waals surface area contributed by atoms with Gasteiger partial charge in [0.15, 0.2) is 0 Å². The Bertz CT molecular complexity index is 1140. The van der Waals surface area contributed by atoms with Gasteiger partial charge in [0.25, 0.3) is 0 Å². The number of carbonyl (C=O) groups is 2. The van der Waals surface area contributed by atoms with Gasteiger partial charge in [0, 0.05) is 12.5 Å². The van der Waals surface area contributed by atoms with Crippen molar-refractivity contribution < 1.29 is 19.1 Å². The molecule has 3 aromatic rings. The maximum Gasteiger partial charge on any atom is 0.414 e. The first-order chi connectivity index (χ1) is 15.7. The van der Waals surface area contributed by atoms with Crippen molar-refractivity contribution in [3.63, 3.8) is 0 Å². The van der Waals surface area contributed by atoms with Gasteiger partial charge >= 0.3 is 12.1 Å². The van der Waals surface area contributed by atoms with Crippen molar-refractivity contribution in [2.75, 3.05) is 25.2 Å². The predicted octanol–water partition coefficient (Wildman–Crippen LogP) is 5.10. The highest BCUT2D eigenvalue weighted by molar-refractivity contribution is 5.89. The van der Waals surface area contributed by atoms with Gasteiger partial charge in [-0.1, -0.05) is 60.7 Å². The summed E-state index contributed by atoms with van der Waals surface area (Å²) >= 11 is 0. The van der Waals surface area contributed by atoms with Crippen LogP contribution in [0.3, 0.4) is 0 Å². The van der Waals surface area contributed by atoms with E-state index in [1.165, 1.54) is 29.4 Å². The van der Waals surface area contributed by atoms with Crippen LogP contribution in [0.2, 0.25) is 0 Å². The zero-order valence-electron chi connectivity index (χ0n) is 18.0. The lowest BCUT2D eigenvalue weighted by atomic mass is 9.98. The predicted molar refractivity (Wildman–Crippen MR) is 123 cm³/mol. The Morgan fingerprint density at radius 2 is 1.66 bits per heavy atom. The van der Waals surface area contributed by atoms with Crippen molar-refractivity contribution in [2.45, 2.75) is 25.2 Å². The fraction of sp³-hybridized carbons (Fsp3) is 0.259. The number of nitrogens with zero attached hydrogens (tertiary/aromatic N) is 1. The number of anilines is 1. The summed E-state index contributed by atoms with van der Waals surface area (Å²) in [6.45, 7) is 0.930. The quantitative estimate of drug-likeness (QED) is 0.544. The highest BCUT2D eigenvalue weighted by atomic mass is 16.6. The standard InChI is InChI=1S/C27H25NO4/c1-31-26(29)16-18-12-13-25-19(15-18)7-6-14-28(25)27(30)32-17-24-22-10-4-2-8-20(22)21-9-3-5-11-23(21)24/h2-5,8-13,15,24H,6-7,14,16-17H2,1H3. The van der Waals surface area contributed by atoms with Gasteiger partial charge in [-0.2, -0.15) is 0 Å². The summed E-state index contributed by atoms with van der Waals surface area (Å²) in [4.78, 5) is 26.4. The highest BCUT2D eigenvalue weighted by Gasteiger charge is 2.31. The Labute approximate surface area is 187 Å². The summed E-state index contributed by atoms with van der Waals surface area (Å²) in [5, 5.41) is 0. The average molecular weight is 428 g/mol. The fourth-order valence-corrected chi connectivity index (χ4v) is 4.86. The summed E-state index contributed by atoms with van der Waals surface area (Å²) in [7, 11) is 1.39. The normalized spacial score (nSPS) is 14.3. The smallest absolute Gasteiger partial charge is 0.414 e. The van der Waals surface area contributed by atoms with Crippen LogP contribution in [-0.4, -0.2) is 32.3 Å². The number of hydrogen-bond acceptors (Lipinski definition) is 4. The molecule has 32 heavy (non-hydrogen) atoms. The lowest BCUT2D eigenvalue weighted by Gasteiger charge is -2.29. The second kappa shape index (κ2) is 8.50. The van der Waals surface area contributed by atoms with E-state index in [2.05, 4.69) is 24.3 Å². The maximum atomic E-state index is 13.1. The molecule has 1 heterocycles. The van der Waals surface area contributed by atoms with Crippen LogP contribution in [0.15, 0.2) is 66.7 Å². The van der Waals surface area contributed by atoms with E-state index < -0.39 is 0 Å². The van der Waals surface area contributed by atoms with E-state index in [4.69, 9.17) is 9.47 Å². The molecule has 1 amide bonds. The SMILES string of the molecule is COC(=O)Cc1ccc2c(c1)CCCN2C(=O)OCC1c2ccccc2-c2ccccc21. The lowest BCUT2D eigenvalue weighted by Crippen LogP contribution is -2.36. The topological polar surface area (TPSA) is 55.8 Å². The molecule has 0 saturated carbocycles. The molecule has 162 valence electrons. The van der Waals surface area contributed by atoms with E-state index in [9.17, 15) is 9.59 Å². The number of rotatable bonds is 4. The van der Waals surface area contributed by atoms with Gasteiger partial charge in [0.05, 0.1) is 19.2 Å². The van der Waals surface area contributed by atoms with Gasteiger partial charge in [-0.15, -0.1) is 0 Å². The number of esters is 1. The molecule has 5 rings (SSSR count). The number of fused-ring (bicyclic) bond motifs is 4. The molecule has 0 radical (unpaired) electrons. The van der Waals surface area contributed by atoms with E-state index in [-0.39, 0.29) is 24.4 Å². The third kappa shape index (κ3) is 3.64. The van der Waals surface area contributed by atoms with Crippen LogP contribution < -0.4 is 4.90 Å². The largest absolute Gasteiger partial charge is 0.469 e. The molecule has 0 unspecified atom stereocenters. The van der Waals surface area contributed by atoms with Crippen LogP contribution in [-0.2, 0) is 27.1 Å². The maximum absolute atomic E-state index is 13.1. The number of hydrogen-bond donors (Lipinski definition) is 0. The molecule has 0 atom stereocenters. The number of amides is 1. The summed E-state index contributed by atoms with van der Waals surface area (Å²) in [6, 6.07) is 22.4. The van der Waals surface area contributed by atoms with Crippen LogP contribution >= 0.6 is 0 Å². The van der Waals surface area contributed by atoms with Crippen LogP contribution in [0.5, 0.6) is 0 Å². The molecule has 5 nitrogen and oxygen atoms in total. The minimum Gasteiger partial charge on any atom is -0.469 e. The van der Waals surface area contributed by atoms with Crippen LogP contribution in [0.25, 0.3) is 11.1 Å². The molecule has 0 fully saturated rings. The number of benzene rings is 3. The number of methoxy groups -OCH3 is 1. The van der Waals surface area contributed by atoms with Gasteiger partial charge in [0.2, 0.25) is 0 Å². The average Bonchev–Trinajstić information content (AvgIpc) is 3.15. The monoisotopic (exact) mass is 427 g/mol. The van der Waals surface area contributed by atoms with Crippen molar-refractivity contribution in [1.29, 1.82) is 0 Å². The molecule has 0 saturated heterocycles. The van der Waals surface area contributed by atoms with Gasteiger partial charge in [-0.25, -0.2) is 4.79 Å². The van der Waals surface area contributed by atoms with Gasteiger partial charge in [-0.05, 0) is 52.3 Å². The lowest BCUT2D eigenvalue weighted by molar-refractivity contribution is -0.139. The Morgan fingerprint density at radius 1 is 0.969 bits per heavy atom. The highest BCUT2D eigenvalue weighted by Crippen LogP contribution is 2.44. The molecule has 0 spiro atoms. The number of carbonyl (C=O) groups excluding carboxylic acids is 2. The zero-order chi connectivity index (χ0) is 22.1. The minimum atomic E-state index is -0.325. The Hall–Kier alpha value is -3.60. The second-order valence-electron chi connectivity index (χ2n) is 8.28. The first kappa shape index (κ1) is 20.3. The minimum absolute atomic E-state index is 0.0399. The van der Waals surface area contributed by atoms with Crippen molar-refractivity contribution in [1.82, 2.24) is 0 Å². The van der Waals surface area contributed by atoms with Gasteiger partial charge in [0.1, 0.15) is 6.61 Å². The molecule has 1 aliphatic heterocycles. The Morgan fingerprint density at radius 3 is 2.34 bits per heavy atom. The molecule has 0 N–H and O–H groups in total.